The summed E-state index contributed by atoms with van der Waals surface area (Å²) in [7, 11) is 0. The third-order valence-electron chi connectivity index (χ3n) is 5.60. The van der Waals surface area contributed by atoms with E-state index in [0.29, 0.717) is 22.8 Å². The van der Waals surface area contributed by atoms with Gasteiger partial charge in [0.15, 0.2) is 5.60 Å². The maximum absolute atomic E-state index is 13.8. The van der Waals surface area contributed by atoms with Crippen molar-refractivity contribution in [2.75, 3.05) is 4.90 Å². The van der Waals surface area contributed by atoms with Crippen molar-refractivity contribution in [1.82, 2.24) is 0 Å². The molecule has 0 unspecified atom stereocenters. The van der Waals surface area contributed by atoms with Crippen molar-refractivity contribution >= 4 is 23.2 Å². The molecule has 0 aromatic heterocycles. The van der Waals surface area contributed by atoms with E-state index in [1.165, 1.54) is 0 Å². The molecule has 2 atom stereocenters. The summed E-state index contributed by atoms with van der Waals surface area (Å²) < 4.78 is 0. The van der Waals surface area contributed by atoms with Crippen LogP contribution >= 0.6 is 11.6 Å². The Hall–Kier alpha value is -2.88. The van der Waals surface area contributed by atoms with Crippen LogP contribution in [0.25, 0.3) is 0 Å². The second-order valence-electron chi connectivity index (χ2n) is 7.50. The van der Waals surface area contributed by atoms with Crippen molar-refractivity contribution in [3.05, 3.63) is 113 Å². The molecule has 1 aliphatic heterocycles. The molecule has 1 amide bonds. The van der Waals surface area contributed by atoms with Gasteiger partial charge in [-0.3, -0.25) is 4.79 Å². The highest BCUT2D eigenvalue weighted by atomic mass is 35.5. The number of benzene rings is 3. The number of halogens is 1. The Bertz CT molecular complexity index is 1060. The fourth-order valence-corrected chi connectivity index (χ4v) is 4.44. The molecule has 0 bridgehead atoms. The maximum atomic E-state index is 13.8. The molecule has 3 aromatic rings. The van der Waals surface area contributed by atoms with Crippen LogP contribution in [0.15, 0.2) is 91.0 Å². The van der Waals surface area contributed by atoms with Crippen LogP contribution in [0.5, 0.6) is 0 Å². The third kappa shape index (κ3) is 3.45. The van der Waals surface area contributed by atoms with Crippen molar-refractivity contribution in [2.45, 2.75) is 31.4 Å². The first-order chi connectivity index (χ1) is 14.6. The lowest BCUT2D eigenvalue weighted by Gasteiger charge is -2.30. The van der Waals surface area contributed by atoms with Gasteiger partial charge in [0, 0.05) is 11.5 Å². The Morgan fingerprint density at radius 1 is 1.00 bits per heavy atom. The first-order valence-corrected chi connectivity index (χ1v) is 10.5. The van der Waals surface area contributed by atoms with Crippen molar-refractivity contribution < 1.29 is 9.90 Å². The van der Waals surface area contributed by atoms with E-state index in [2.05, 4.69) is 0 Å². The van der Waals surface area contributed by atoms with Crippen LogP contribution < -0.4 is 4.90 Å². The van der Waals surface area contributed by atoms with E-state index < -0.39 is 11.5 Å². The monoisotopic (exact) mass is 417 g/mol. The molecule has 1 heterocycles. The average Bonchev–Trinajstić information content (AvgIpc) is 2.99. The van der Waals surface area contributed by atoms with Gasteiger partial charge >= 0.3 is 0 Å². The van der Waals surface area contributed by atoms with Crippen molar-refractivity contribution in [3.63, 3.8) is 0 Å². The number of carbonyl (C=O) groups is 1. The van der Waals surface area contributed by atoms with Crippen molar-refractivity contribution in [1.29, 1.82) is 0 Å². The zero-order chi connectivity index (χ0) is 21.1. The van der Waals surface area contributed by atoms with Gasteiger partial charge < -0.3 is 10.0 Å². The summed E-state index contributed by atoms with van der Waals surface area (Å²) >= 11 is 6.56. The van der Waals surface area contributed by atoms with Crippen LogP contribution in [-0.2, 0) is 16.9 Å². The number of rotatable bonds is 6. The average molecular weight is 418 g/mol. The number of fused-ring (bicyclic) bond motifs is 1. The van der Waals surface area contributed by atoms with Gasteiger partial charge in [-0.15, -0.1) is 0 Å². The number of aliphatic hydroxyl groups is 1. The molecule has 30 heavy (non-hydrogen) atoms. The van der Waals surface area contributed by atoms with E-state index in [4.69, 9.17) is 11.6 Å². The van der Waals surface area contributed by atoms with Gasteiger partial charge in [0.2, 0.25) is 0 Å². The third-order valence-corrected chi connectivity index (χ3v) is 5.90. The summed E-state index contributed by atoms with van der Waals surface area (Å²) in [4.78, 5) is 15.4. The molecule has 152 valence electrons. The minimum atomic E-state index is -1.73. The fraction of sp³-hybridized carbons (Fsp3) is 0.192. The highest BCUT2D eigenvalue weighted by Gasteiger charge is 2.55. The van der Waals surface area contributed by atoms with Crippen molar-refractivity contribution in [2.24, 2.45) is 0 Å². The summed E-state index contributed by atoms with van der Waals surface area (Å²) in [5, 5.41) is 12.5. The molecule has 0 saturated carbocycles. The molecule has 0 spiro atoms. The predicted molar refractivity (Wildman–Crippen MR) is 122 cm³/mol. The van der Waals surface area contributed by atoms with E-state index >= 15 is 0 Å². The predicted octanol–water partition coefficient (Wildman–Crippen LogP) is 5.82. The standard InChI is InChI=1S/C26H24ClNO2/c1-2-3-15-21(20-13-8-5-9-14-20)26(30)22-16-10-17-23(27)24(22)28(25(26)29)18-19-11-6-4-7-12-19/h3-17,21,30H,2,18H2,1H3/b15-3+/t21-,26-/m0/s1. The Morgan fingerprint density at radius 3 is 2.33 bits per heavy atom. The summed E-state index contributed by atoms with van der Waals surface area (Å²) in [6.45, 7) is 2.38. The second kappa shape index (κ2) is 8.47. The van der Waals surface area contributed by atoms with Gasteiger partial charge in [0.05, 0.1) is 17.3 Å². The Balaban J connectivity index is 1.87. The number of nitrogens with zero attached hydrogens (tertiary/aromatic N) is 1. The number of hydrogen-bond acceptors (Lipinski definition) is 2. The van der Waals surface area contributed by atoms with Gasteiger partial charge in [-0.1, -0.05) is 103 Å². The molecule has 1 N–H and O–H groups in total. The molecule has 0 fully saturated rings. The topological polar surface area (TPSA) is 40.5 Å². The molecule has 4 heteroatoms. The molecule has 4 rings (SSSR count). The number of carbonyl (C=O) groups excluding carboxylic acids is 1. The Kier molecular flexibility index (Phi) is 5.76. The molecule has 0 radical (unpaired) electrons. The van der Waals surface area contributed by atoms with Crippen LogP contribution in [0.4, 0.5) is 5.69 Å². The van der Waals surface area contributed by atoms with Crippen LogP contribution in [0.3, 0.4) is 0 Å². The van der Waals surface area contributed by atoms with Crippen LogP contribution in [0.1, 0.15) is 36.0 Å². The SMILES string of the molecule is CC/C=C/[C@@H](c1ccccc1)[C@@]1(O)C(=O)N(Cc2ccccc2)c2c(Cl)cccc21. The number of amides is 1. The number of anilines is 1. The highest BCUT2D eigenvalue weighted by molar-refractivity contribution is 6.35. The molecular formula is C26H24ClNO2. The Labute approximate surface area is 182 Å². The van der Waals surface area contributed by atoms with Crippen LogP contribution in [0, 0.1) is 0 Å². The normalized spacial score (nSPS) is 19.3. The molecule has 0 saturated heterocycles. The number of allylic oxidation sites excluding steroid dienone is 1. The minimum absolute atomic E-state index is 0.345. The lowest BCUT2D eigenvalue weighted by atomic mass is 9.77. The minimum Gasteiger partial charge on any atom is -0.374 e. The summed E-state index contributed by atoms with van der Waals surface area (Å²) in [6, 6.07) is 24.8. The zero-order valence-electron chi connectivity index (χ0n) is 16.8. The van der Waals surface area contributed by atoms with Gasteiger partial charge in [0.1, 0.15) is 0 Å². The van der Waals surface area contributed by atoms with E-state index in [0.717, 1.165) is 17.5 Å². The van der Waals surface area contributed by atoms with E-state index in [1.807, 2.05) is 79.7 Å². The quantitative estimate of drug-likeness (QED) is 0.513. The van der Waals surface area contributed by atoms with Gasteiger partial charge in [-0.2, -0.15) is 0 Å². The van der Waals surface area contributed by atoms with E-state index in [1.54, 1.807) is 23.1 Å². The number of para-hydroxylation sites is 1. The molecule has 0 aliphatic carbocycles. The van der Waals surface area contributed by atoms with Crippen molar-refractivity contribution in [3.8, 4) is 0 Å². The van der Waals surface area contributed by atoms with E-state index in [-0.39, 0.29) is 5.91 Å². The molecular weight excluding hydrogens is 394 g/mol. The summed E-state index contributed by atoms with van der Waals surface area (Å²) in [5.74, 6) is -0.881. The summed E-state index contributed by atoms with van der Waals surface area (Å²) in [5.41, 5.74) is 1.25. The van der Waals surface area contributed by atoms with Gasteiger partial charge in [-0.05, 0) is 23.6 Å². The fourth-order valence-electron chi connectivity index (χ4n) is 4.16. The summed E-state index contributed by atoms with van der Waals surface area (Å²) in [6.07, 6.45) is 4.74. The Morgan fingerprint density at radius 2 is 1.67 bits per heavy atom. The lowest BCUT2D eigenvalue weighted by Crippen LogP contribution is -2.44. The highest BCUT2D eigenvalue weighted by Crippen LogP contribution is 2.51. The molecule has 3 aromatic carbocycles. The first-order valence-electron chi connectivity index (χ1n) is 10.2. The number of hydrogen-bond donors (Lipinski definition) is 1. The largest absolute Gasteiger partial charge is 0.374 e. The molecule has 1 aliphatic rings. The molecule has 3 nitrogen and oxygen atoms in total. The van der Waals surface area contributed by atoms with Gasteiger partial charge in [0.25, 0.3) is 5.91 Å². The van der Waals surface area contributed by atoms with Crippen LogP contribution in [-0.4, -0.2) is 11.0 Å². The van der Waals surface area contributed by atoms with E-state index in [9.17, 15) is 9.90 Å². The zero-order valence-corrected chi connectivity index (χ0v) is 17.6. The first kappa shape index (κ1) is 20.4. The maximum Gasteiger partial charge on any atom is 0.265 e. The lowest BCUT2D eigenvalue weighted by molar-refractivity contribution is -0.137. The van der Waals surface area contributed by atoms with Crippen LogP contribution in [0.2, 0.25) is 5.02 Å². The smallest absolute Gasteiger partial charge is 0.265 e. The van der Waals surface area contributed by atoms with Gasteiger partial charge in [-0.25, -0.2) is 0 Å². The second-order valence-corrected chi connectivity index (χ2v) is 7.91.